The van der Waals surface area contributed by atoms with E-state index in [0.717, 1.165) is 0 Å². The average Bonchev–Trinajstić information content (AvgIpc) is 2.76. The van der Waals surface area contributed by atoms with Crippen molar-refractivity contribution in [1.82, 2.24) is 5.32 Å². The Bertz CT molecular complexity index is 639. The number of nitrogen functional groups attached to an aromatic ring is 1. The molecule has 7 nitrogen and oxygen atoms in total. The average molecular weight is 312 g/mol. The SMILES string of the molecule is Nc1ccc(C(=O)OCC(=O)N[C@@H]2CCS(=O)(=O)C2)cc1. The van der Waals surface area contributed by atoms with Gasteiger partial charge in [-0.05, 0) is 30.7 Å². The van der Waals surface area contributed by atoms with Crippen molar-refractivity contribution >= 4 is 27.4 Å². The van der Waals surface area contributed by atoms with E-state index < -0.39 is 34.4 Å². The third-order valence-electron chi connectivity index (χ3n) is 3.08. The highest BCUT2D eigenvalue weighted by molar-refractivity contribution is 7.91. The molecule has 1 aliphatic heterocycles. The Labute approximate surface area is 122 Å². The summed E-state index contributed by atoms with van der Waals surface area (Å²) in [7, 11) is -3.05. The van der Waals surface area contributed by atoms with Crippen LogP contribution in [0.2, 0.25) is 0 Å². The van der Waals surface area contributed by atoms with Gasteiger partial charge in [0.25, 0.3) is 5.91 Å². The van der Waals surface area contributed by atoms with Crippen LogP contribution in [0.3, 0.4) is 0 Å². The van der Waals surface area contributed by atoms with E-state index in [4.69, 9.17) is 10.5 Å². The van der Waals surface area contributed by atoms with E-state index >= 15 is 0 Å². The zero-order chi connectivity index (χ0) is 15.5. The van der Waals surface area contributed by atoms with Gasteiger partial charge < -0.3 is 15.8 Å². The summed E-state index contributed by atoms with van der Waals surface area (Å²) >= 11 is 0. The standard InChI is InChI=1S/C13H16N2O5S/c14-10-3-1-9(2-4-10)13(17)20-7-12(16)15-11-5-6-21(18,19)8-11/h1-4,11H,5-8,14H2,(H,15,16)/t11-/m1/s1. The number of rotatable bonds is 4. The quantitative estimate of drug-likeness (QED) is 0.584. The second kappa shape index (κ2) is 6.13. The highest BCUT2D eigenvalue weighted by Gasteiger charge is 2.29. The van der Waals surface area contributed by atoms with Crippen LogP contribution < -0.4 is 11.1 Å². The van der Waals surface area contributed by atoms with Gasteiger partial charge in [0.15, 0.2) is 16.4 Å². The highest BCUT2D eigenvalue weighted by Crippen LogP contribution is 2.11. The van der Waals surface area contributed by atoms with E-state index in [2.05, 4.69) is 5.32 Å². The number of anilines is 1. The summed E-state index contributed by atoms with van der Waals surface area (Å²) in [5.41, 5.74) is 6.31. The van der Waals surface area contributed by atoms with Gasteiger partial charge >= 0.3 is 5.97 Å². The summed E-state index contributed by atoms with van der Waals surface area (Å²) in [5.74, 6) is -1.14. The third kappa shape index (κ3) is 4.45. The smallest absolute Gasteiger partial charge is 0.338 e. The van der Waals surface area contributed by atoms with Gasteiger partial charge in [0.05, 0.1) is 17.1 Å². The van der Waals surface area contributed by atoms with Gasteiger partial charge in [-0.2, -0.15) is 0 Å². The molecule has 1 atom stereocenters. The van der Waals surface area contributed by atoms with Crippen molar-refractivity contribution in [2.24, 2.45) is 0 Å². The molecule has 1 aromatic carbocycles. The van der Waals surface area contributed by atoms with Crippen molar-refractivity contribution in [2.45, 2.75) is 12.5 Å². The summed E-state index contributed by atoms with van der Waals surface area (Å²) in [5, 5.41) is 2.54. The first-order valence-electron chi connectivity index (χ1n) is 6.38. The van der Waals surface area contributed by atoms with Crippen LogP contribution in [-0.4, -0.2) is 44.4 Å². The minimum Gasteiger partial charge on any atom is -0.452 e. The number of nitrogens with two attached hydrogens (primary N) is 1. The van der Waals surface area contributed by atoms with Crippen LogP contribution in [0, 0.1) is 0 Å². The number of sulfone groups is 1. The lowest BCUT2D eigenvalue weighted by molar-refractivity contribution is -0.124. The maximum absolute atomic E-state index is 11.7. The predicted molar refractivity (Wildman–Crippen MR) is 76.3 cm³/mol. The molecule has 1 aliphatic rings. The number of esters is 1. The first-order chi connectivity index (χ1) is 9.85. The first-order valence-corrected chi connectivity index (χ1v) is 8.20. The number of benzene rings is 1. The summed E-state index contributed by atoms with van der Waals surface area (Å²) < 4.78 is 27.4. The van der Waals surface area contributed by atoms with Gasteiger partial charge in [-0.1, -0.05) is 0 Å². The Kier molecular flexibility index (Phi) is 4.46. The molecule has 21 heavy (non-hydrogen) atoms. The molecule has 3 N–H and O–H groups in total. The van der Waals surface area contributed by atoms with Crippen molar-refractivity contribution in [3.05, 3.63) is 29.8 Å². The van der Waals surface area contributed by atoms with Crippen LogP contribution in [0.4, 0.5) is 5.69 Å². The van der Waals surface area contributed by atoms with Gasteiger partial charge in [-0.3, -0.25) is 4.79 Å². The number of nitrogens with one attached hydrogen (secondary N) is 1. The minimum absolute atomic E-state index is 0.0648. The lowest BCUT2D eigenvalue weighted by atomic mass is 10.2. The van der Waals surface area contributed by atoms with Crippen LogP contribution >= 0.6 is 0 Å². The second-order valence-electron chi connectivity index (χ2n) is 4.87. The van der Waals surface area contributed by atoms with Gasteiger partial charge in [-0.15, -0.1) is 0 Å². The minimum atomic E-state index is -3.05. The highest BCUT2D eigenvalue weighted by atomic mass is 32.2. The van der Waals surface area contributed by atoms with Crippen molar-refractivity contribution in [1.29, 1.82) is 0 Å². The number of hydrogen-bond donors (Lipinski definition) is 2. The summed E-state index contributed by atoms with van der Waals surface area (Å²) in [6.45, 7) is -0.445. The summed E-state index contributed by atoms with van der Waals surface area (Å²) in [6, 6.07) is 5.70. The Morgan fingerprint density at radius 1 is 1.29 bits per heavy atom. The molecule has 0 saturated carbocycles. The van der Waals surface area contributed by atoms with E-state index in [1.807, 2.05) is 0 Å². The molecule has 2 rings (SSSR count). The molecule has 114 valence electrons. The topological polar surface area (TPSA) is 116 Å². The fourth-order valence-electron chi connectivity index (χ4n) is 2.01. The lowest BCUT2D eigenvalue weighted by Gasteiger charge is -2.11. The van der Waals surface area contributed by atoms with E-state index in [1.54, 1.807) is 12.1 Å². The van der Waals surface area contributed by atoms with Crippen molar-refractivity contribution in [3.63, 3.8) is 0 Å². The predicted octanol–water partition coefficient (Wildman–Crippen LogP) is -0.271. The monoisotopic (exact) mass is 312 g/mol. The molecule has 1 amide bonds. The molecule has 0 radical (unpaired) electrons. The molecule has 0 unspecified atom stereocenters. The van der Waals surface area contributed by atoms with Gasteiger partial charge in [0, 0.05) is 11.7 Å². The van der Waals surface area contributed by atoms with E-state index in [1.165, 1.54) is 12.1 Å². The summed E-state index contributed by atoms with van der Waals surface area (Å²) in [6.07, 6.45) is 0.389. The Balaban J connectivity index is 1.79. The lowest BCUT2D eigenvalue weighted by Crippen LogP contribution is -2.38. The molecular formula is C13H16N2O5S. The molecular weight excluding hydrogens is 296 g/mol. The zero-order valence-electron chi connectivity index (χ0n) is 11.2. The largest absolute Gasteiger partial charge is 0.452 e. The van der Waals surface area contributed by atoms with Crippen LogP contribution in [0.25, 0.3) is 0 Å². The summed E-state index contributed by atoms with van der Waals surface area (Å²) in [4.78, 5) is 23.3. The molecule has 0 aliphatic carbocycles. The molecule has 0 aromatic heterocycles. The molecule has 1 fully saturated rings. The number of carbonyl (C=O) groups excluding carboxylic acids is 2. The number of amides is 1. The third-order valence-corrected chi connectivity index (χ3v) is 4.85. The van der Waals surface area contributed by atoms with Crippen LogP contribution in [0.1, 0.15) is 16.8 Å². The number of hydrogen-bond acceptors (Lipinski definition) is 6. The first kappa shape index (κ1) is 15.3. The molecule has 1 saturated heterocycles. The fraction of sp³-hybridized carbons (Fsp3) is 0.385. The van der Waals surface area contributed by atoms with E-state index in [9.17, 15) is 18.0 Å². The van der Waals surface area contributed by atoms with Crippen molar-refractivity contribution in [2.75, 3.05) is 23.8 Å². The Morgan fingerprint density at radius 2 is 1.95 bits per heavy atom. The number of carbonyl (C=O) groups is 2. The van der Waals surface area contributed by atoms with Crippen LogP contribution in [-0.2, 0) is 19.4 Å². The van der Waals surface area contributed by atoms with Gasteiger partial charge in [-0.25, -0.2) is 13.2 Å². The Hall–Kier alpha value is -2.09. The molecule has 1 aromatic rings. The Morgan fingerprint density at radius 3 is 2.52 bits per heavy atom. The van der Waals surface area contributed by atoms with Crippen molar-refractivity contribution < 1.29 is 22.7 Å². The molecule has 0 bridgehead atoms. The fourth-order valence-corrected chi connectivity index (χ4v) is 3.69. The second-order valence-corrected chi connectivity index (χ2v) is 7.09. The maximum Gasteiger partial charge on any atom is 0.338 e. The van der Waals surface area contributed by atoms with E-state index in [0.29, 0.717) is 17.7 Å². The molecule has 0 spiro atoms. The van der Waals surface area contributed by atoms with Crippen molar-refractivity contribution in [3.8, 4) is 0 Å². The molecule has 8 heteroatoms. The normalized spacial score (nSPS) is 19.9. The maximum atomic E-state index is 11.7. The van der Waals surface area contributed by atoms with E-state index in [-0.39, 0.29) is 11.5 Å². The van der Waals surface area contributed by atoms with Gasteiger partial charge in [0.1, 0.15) is 0 Å². The number of ether oxygens (including phenoxy) is 1. The zero-order valence-corrected chi connectivity index (χ0v) is 12.1. The van der Waals surface area contributed by atoms with Crippen LogP contribution in [0.15, 0.2) is 24.3 Å². The molecule has 1 heterocycles. The van der Waals surface area contributed by atoms with Gasteiger partial charge in [0.2, 0.25) is 0 Å². The van der Waals surface area contributed by atoms with Crippen LogP contribution in [0.5, 0.6) is 0 Å².